The van der Waals surface area contributed by atoms with Crippen LogP contribution >= 0.6 is 11.6 Å². The van der Waals surface area contributed by atoms with Crippen LogP contribution in [0.25, 0.3) is 0 Å². The molecule has 0 bridgehead atoms. The van der Waals surface area contributed by atoms with Gasteiger partial charge in [-0.05, 0) is 46.5 Å². The molecule has 0 atom stereocenters. The summed E-state index contributed by atoms with van der Waals surface area (Å²) in [4.78, 5) is 4.78. The van der Waals surface area contributed by atoms with E-state index in [2.05, 4.69) is 21.6 Å². The van der Waals surface area contributed by atoms with Crippen molar-refractivity contribution in [3.05, 3.63) is 0 Å². The Labute approximate surface area is 169 Å². The van der Waals surface area contributed by atoms with Gasteiger partial charge in [0.25, 0.3) is 0 Å². The van der Waals surface area contributed by atoms with Crippen molar-refractivity contribution in [2.24, 2.45) is 0 Å². The first-order valence-corrected chi connectivity index (χ1v) is 10.7. The van der Waals surface area contributed by atoms with Crippen molar-refractivity contribution < 1.29 is 14.6 Å². The third-order valence-electron chi connectivity index (χ3n) is 5.82. The molecule has 3 fully saturated rings. The van der Waals surface area contributed by atoms with Crippen molar-refractivity contribution in [1.82, 2.24) is 9.80 Å². The van der Waals surface area contributed by atoms with Gasteiger partial charge in [0.15, 0.2) is 0 Å². The molecule has 1 N–H and O–H groups in total. The van der Waals surface area contributed by atoms with Crippen LogP contribution in [0.1, 0.15) is 46.5 Å². The molecule has 2 saturated heterocycles. The summed E-state index contributed by atoms with van der Waals surface area (Å²) in [6.07, 6.45) is 3.48. The zero-order valence-corrected chi connectivity index (χ0v) is 17.9. The van der Waals surface area contributed by atoms with Gasteiger partial charge in [0.05, 0.1) is 30.0 Å². The van der Waals surface area contributed by atoms with Gasteiger partial charge in [-0.15, -0.1) is 11.6 Å². The monoisotopic (exact) mass is 398 g/mol. The Morgan fingerprint density at radius 2 is 1.85 bits per heavy atom. The zero-order valence-electron chi connectivity index (χ0n) is 17.1. The number of piperidine rings is 1. The predicted molar refractivity (Wildman–Crippen MR) is 108 cm³/mol. The lowest BCUT2D eigenvalue weighted by Crippen LogP contribution is -2.59. The van der Waals surface area contributed by atoms with Gasteiger partial charge in [0.2, 0.25) is 0 Å². The first kappa shape index (κ1) is 21.4. The van der Waals surface area contributed by atoms with Crippen LogP contribution in [-0.4, -0.2) is 89.6 Å². The standard InChI is InChI=1S/C21H35ClN2O3/c1-19(2,3)26-12-5-4-8-23-11-13-27-21(17-23)6-9-24(10-7-21)16-20(25)14-18(22)15-20/h18,25H,6-17H2,1-3H3. The van der Waals surface area contributed by atoms with Crippen molar-refractivity contribution in [2.75, 3.05) is 52.5 Å². The van der Waals surface area contributed by atoms with E-state index in [1.54, 1.807) is 0 Å². The summed E-state index contributed by atoms with van der Waals surface area (Å²) in [5.74, 6) is 6.38. The molecule has 0 amide bonds. The number of rotatable bonds is 4. The number of halogens is 1. The molecule has 0 aromatic heterocycles. The third-order valence-corrected chi connectivity index (χ3v) is 6.13. The summed E-state index contributed by atoms with van der Waals surface area (Å²) in [7, 11) is 0. The Kier molecular flexibility index (Phi) is 6.78. The highest BCUT2D eigenvalue weighted by Gasteiger charge is 2.45. The Bertz CT molecular complexity index is 552. The molecular formula is C21H35ClN2O3. The number of hydrogen-bond acceptors (Lipinski definition) is 5. The van der Waals surface area contributed by atoms with Crippen LogP contribution in [0.15, 0.2) is 0 Å². The van der Waals surface area contributed by atoms with Crippen LogP contribution in [-0.2, 0) is 9.47 Å². The van der Waals surface area contributed by atoms with E-state index in [9.17, 15) is 5.11 Å². The summed E-state index contributed by atoms with van der Waals surface area (Å²) < 4.78 is 11.9. The number of ether oxygens (including phenoxy) is 2. The lowest BCUT2D eigenvalue weighted by atomic mass is 9.78. The summed E-state index contributed by atoms with van der Waals surface area (Å²) in [6, 6.07) is 0. The molecule has 0 unspecified atom stereocenters. The minimum Gasteiger partial charge on any atom is -0.388 e. The van der Waals surface area contributed by atoms with Gasteiger partial charge in [0, 0.05) is 38.1 Å². The molecule has 154 valence electrons. The molecule has 1 aliphatic carbocycles. The average Bonchev–Trinajstić information content (AvgIpc) is 2.55. The highest BCUT2D eigenvalue weighted by molar-refractivity contribution is 6.21. The van der Waals surface area contributed by atoms with Crippen molar-refractivity contribution >= 4 is 11.6 Å². The van der Waals surface area contributed by atoms with Gasteiger partial charge in [-0.1, -0.05) is 11.8 Å². The molecule has 3 aliphatic rings. The van der Waals surface area contributed by atoms with Crippen LogP contribution < -0.4 is 0 Å². The Morgan fingerprint density at radius 1 is 1.15 bits per heavy atom. The molecule has 5 nitrogen and oxygen atoms in total. The number of likely N-dealkylation sites (tertiary alicyclic amines) is 1. The highest BCUT2D eigenvalue weighted by atomic mass is 35.5. The van der Waals surface area contributed by atoms with Crippen molar-refractivity contribution in [3.8, 4) is 11.8 Å². The lowest BCUT2D eigenvalue weighted by molar-refractivity contribution is -0.141. The summed E-state index contributed by atoms with van der Waals surface area (Å²) in [5, 5.41) is 10.6. The Morgan fingerprint density at radius 3 is 2.48 bits per heavy atom. The predicted octanol–water partition coefficient (Wildman–Crippen LogP) is 2.10. The fourth-order valence-corrected chi connectivity index (χ4v) is 4.84. The normalized spacial score (nSPS) is 32.0. The van der Waals surface area contributed by atoms with Crippen LogP contribution in [0.4, 0.5) is 0 Å². The van der Waals surface area contributed by atoms with E-state index in [-0.39, 0.29) is 16.6 Å². The van der Waals surface area contributed by atoms with Crippen LogP contribution in [0, 0.1) is 11.8 Å². The van der Waals surface area contributed by atoms with E-state index in [1.807, 2.05) is 20.8 Å². The largest absolute Gasteiger partial charge is 0.388 e. The topological polar surface area (TPSA) is 45.2 Å². The molecule has 0 aromatic rings. The fourth-order valence-electron chi connectivity index (χ4n) is 4.26. The maximum absolute atomic E-state index is 10.5. The maximum atomic E-state index is 10.5. The number of hydrogen-bond donors (Lipinski definition) is 1. The summed E-state index contributed by atoms with van der Waals surface area (Å²) in [6.45, 7) is 12.8. The van der Waals surface area contributed by atoms with E-state index >= 15 is 0 Å². The SMILES string of the molecule is CC(C)(C)OCC#CCN1CCOC2(CCN(CC3(O)CC(Cl)C3)CC2)C1. The minimum absolute atomic E-state index is 0.0460. The number of morpholine rings is 1. The lowest BCUT2D eigenvalue weighted by Gasteiger charge is -2.49. The highest BCUT2D eigenvalue weighted by Crippen LogP contribution is 2.38. The van der Waals surface area contributed by atoms with Crippen LogP contribution in [0.2, 0.25) is 0 Å². The summed E-state index contributed by atoms with van der Waals surface area (Å²) >= 11 is 6.04. The van der Waals surface area contributed by atoms with Gasteiger partial charge in [0.1, 0.15) is 6.61 Å². The van der Waals surface area contributed by atoms with Crippen molar-refractivity contribution in [2.45, 2.75) is 68.6 Å². The number of aliphatic hydroxyl groups is 1. The summed E-state index contributed by atoms with van der Waals surface area (Å²) in [5.41, 5.74) is -0.750. The number of nitrogens with zero attached hydrogens (tertiary/aromatic N) is 2. The maximum Gasteiger partial charge on any atom is 0.108 e. The van der Waals surface area contributed by atoms with E-state index in [0.717, 1.165) is 71.6 Å². The molecule has 3 rings (SSSR count). The van der Waals surface area contributed by atoms with E-state index in [0.29, 0.717) is 6.61 Å². The van der Waals surface area contributed by atoms with Gasteiger partial charge in [-0.25, -0.2) is 0 Å². The van der Waals surface area contributed by atoms with Gasteiger partial charge in [-0.3, -0.25) is 4.90 Å². The zero-order chi connectivity index (χ0) is 19.5. The second-order valence-corrected chi connectivity index (χ2v) is 10.1. The molecule has 2 aliphatic heterocycles. The minimum atomic E-state index is -0.568. The second-order valence-electron chi connectivity index (χ2n) is 9.50. The van der Waals surface area contributed by atoms with Gasteiger partial charge < -0.3 is 19.5 Å². The second kappa shape index (κ2) is 8.57. The van der Waals surface area contributed by atoms with E-state index in [4.69, 9.17) is 21.1 Å². The number of β-amino-alcohol motifs (C(OH)–C–C–N with tert-alkyl or cyclic N) is 1. The molecular weight excluding hydrogens is 364 g/mol. The van der Waals surface area contributed by atoms with E-state index in [1.165, 1.54) is 0 Å². The van der Waals surface area contributed by atoms with Gasteiger partial charge in [-0.2, -0.15) is 0 Å². The molecule has 0 aromatic carbocycles. The average molecular weight is 399 g/mol. The third kappa shape index (κ3) is 6.32. The number of alkyl halides is 1. The van der Waals surface area contributed by atoms with E-state index < -0.39 is 5.60 Å². The first-order chi connectivity index (χ1) is 12.7. The first-order valence-electron chi connectivity index (χ1n) is 10.2. The fraction of sp³-hybridized carbons (Fsp3) is 0.905. The van der Waals surface area contributed by atoms with Crippen LogP contribution in [0.3, 0.4) is 0 Å². The van der Waals surface area contributed by atoms with Gasteiger partial charge >= 0.3 is 0 Å². The Balaban J connectivity index is 1.41. The molecule has 2 heterocycles. The molecule has 1 saturated carbocycles. The quantitative estimate of drug-likeness (QED) is 0.580. The molecule has 0 radical (unpaired) electrons. The van der Waals surface area contributed by atoms with Crippen molar-refractivity contribution in [3.63, 3.8) is 0 Å². The van der Waals surface area contributed by atoms with Crippen LogP contribution in [0.5, 0.6) is 0 Å². The molecule has 6 heteroatoms. The van der Waals surface area contributed by atoms with Crippen molar-refractivity contribution in [1.29, 1.82) is 0 Å². The Hall–Kier alpha value is -0.350. The molecule has 1 spiro atoms. The smallest absolute Gasteiger partial charge is 0.108 e. The molecule has 27 heavy (non-hydrogen) atoms.